The molecule has 156 valence electrons. The number of aromatic nitrogens is 1. The van der Waals surface area contributed by atoms with Crippen LogP contribution in [0.4, 0.5) is 0 Å². The Kier molecular flexibility index (Phi) is 7.07. The lowest BCUT2D eigenvalue weighted by Gasteiger charge is -2.16. The van der Waals surface area contributed by atoms with Gasteiger partial charge in [0.2, 0.25) is 5.91 Å². The van der Waals surface area contributed by atoms with Crippen molar-refractivity contribution in [2.75, 3.05) is 5.75 Å². The molecular weight excluding hydrogens is 424 g/mol. The molecule has 0 aliphatic heterocycles. The van der Waals surface area contributed by atoms with Crippen molar-refractivity contribution in [3.05, 3.63) is 89.2 Å². The van der Waals surface area contributed by atoms with Crippen LogP contribution in [-0.4, -0.2) is 25.1 Å². The zero-order valence-electron chi connectivity index (χ0n) is 16.3. The van der Waals surface area contributed by atoms with Gasteiger partial charge in [-0.15, -0.1) is 0 Å². The smallest absolute Gasteiger partial charge is 0.236 e. The van der Waals surface area contributed by atoms with E-state index in [4.69, 9.17) is 16.3 Å². The van der Waals surface area contributed by atoms with Crippen LogP contribution in [0.15, 0.2) is 77.8 Å². The van der Waals surface area contributed by atoms with Gasteiger partial charge in [0.15, 0.2) is 9.84 Å². The highest BCUT2D eigenvalue weighted by atomic mass is 35.5. The van der Waals surface area contributed by atoms with Gasteiger partial charge in [-0.1, -0.05) is 29.8 Å². The fourth-order valence-corrected chi connectivity index (χ4v) is 4.05. The van der Waals surface area contributed by atoms with Gasteiger partial charge in [0, 0.05) is 11.2 Å². The first kappa shape index (κ1) is 21.8. The molecule has 3 rings (SSSR count). The second-order valence-electron chi connectivity index (χ2n) is 6.68. The maximum Gasteiger partial charge on any atom is 0.236 e. The molecule has 8 heteroatoms. The standard InChI is InChI=1S/C22H21ClN2O4S/c1-16(25-22(26)15-30(27,28)21-10-8-18(23)9-11-21)17-5-4-7-20(13-17)29-14-19-6-2-3-12-24-19/h2-13,16H,14-15H2,1H3,(H,25,26). The van der Waals surface area contributed by atoms with E-state index in [0.29, 0.717) is 17.4 Å². The molecule has 6 nitrogen and oxygen atoms in total. The van der Waals surface area contributed by atoms with Crippen LogP contribution in [0.25, 0.3) is 0 Å². The molecule has 2 aromatic carbocycles. The van der Waals surface area contributed by atoms with E-state index in [-0.39, 0.29) is 4.90 Å². The minimum Gasteiger partial charge on any atom is -0.487 e. The summed E-state index contributed by atoms with van der Waals surface area (Å²) < 4.78 is 30.6. The summed E-state index contributed by atoms with van der Waals surface area (Å²) in [5, 5.41) is 3.15. The second kappa shape index (κ2) is 9.73. The van der Waals surface area contributed by atoms with E-state index in [1.54, 1.807) is 13.1 Å². The van der Waals surface area contributed by atoms with Gasteiger partial charge in [-0.3, -0.25) is 9.78 Å². The molecule has 0 spiro atoms. The largest absolute Gasteiger partial charge is 0.487 e. The van der Waals surface area contributed by atoms with Gasteiger partial charge in [-0.2, -0.15) is 0 Å². The Morgan fingerprint density at radius 3 is 2.57 bits per heavy atom. The molecule has 1 aromatic heterocycles. The zero-order chi connectivity index (χ0) is 21.6. The normalized spacial score (nSPS) is 12.2. The van der Waals surface area contributed by atoms with E-state index < -0.39 is 27.5 Å². The average Bonchev–Trinajstić information content (AvgIpc) is 2.73. The Bertz CT molecular complexity index is 1100. The van der Waals surface area contributed by atoms with Crippen molar-refractivity contribution in [2.24, 2.45) is 0 Å². The van der Waals surface area contributed by atoms with Gasteiger partial charge in [-0.05, 0) is 61.0 Å². The molecule has 0 saturated carbocycles. The SMILES string of the molecule is CC(NC(=O)CS(=O)(=O)c1ccc(Cl)cc1)c1cccc(OCc2ccccn2)c1. The molecule has 0 radical (unpaired) electrons. The Balaban J connectivity index is 1.60. The summed E-state index contributed by atoms with van der Waals surface area (Å²) in [4.78, 5) is 16.6. The molecule has 0 aliphatic carbocycles. The highest BCUT2D eigenvalue weighted by molar-refractivity contribution is 7.92. The quantitative estimate of drug-likeness (QED) is 0.568. The minimum atomic E-state index is -3.75. The van der Waals surface area contributed by atoms with Gasteiger partial charge in [0.1, 0.15) is 18.1 Å². The number of carbonyl (C=O) groups excluding carboxylic acids is 1. The summed E-state index contributed by atoms with van der Waals surface area (Å²) in [6.45, 7) is 2.11. The van der Waals surface area contributed by atoms with Crippen LogP contribution < -0.4 is 10.1 Å². The van der Waals surface area contributed by atoms with Crippen molar-refractivity contribution < 1.29 is 17.9 Å². The van der Waals surface area contributed by atoms with Crippen molar-refractivity contribution in [2.45, 2.75) is 24.5 Å². The minimum absolute atomic E-state index is 0.0552. The number of hydrogen-bond donors (Lipinski definition) is 1. The number of amides is 1. The molecule has 30 heavy (non-hydrogen) atoms. The second-order valence-corrected chi connectivity index (χ2v) is 9.11. The van der Waals surface area contributed by atoms with Crippen molar-refractivity contribution in [1.82, 2.24) is 10.3 Å². The van der Waals surface area contributed by atoms with E-state index in [0.717, 1.165) is 11.3 Å². The van der Waals surface area contributed by atoms with Crippen LogP contribution in [0.5, 0.6) is 5.75 Å². The molecule has 1 N–H and O–H groups in total. The number of nitrogens with zero attached hydrogens (tertiary/aromatic N) is 1. The summed E-state index contributed by atoms with van der Waals surface area (Å²) in [6.07, 6.45) is 1.70. The third kappa shape index (κ3) is 6.05. The first-order chi connectivity index (χ1) is 14.3. The highest BCUT2D eigenvalue weighted by Crippen LogP contribution is 2.20. The Morgan fingerprint density at radius 1 is 1.10 bits per heavy atom. The number of hydrogen-bond acceptors (Lipinski definition) is 5. The maximum atomic E-state index is 12.4. The fourth-order valence-electron chi connectivity index (χ4n) is 2.78. The van der Waals surface area contributed by atoms with Gasteiger partial charge >= 0.3 is 0 Å². The number of nitrogens with one attached hydrogen (secondary N) is 1. The summed E-state index contributed by atoms with van der Waals surface area (Å²) in [6, 6.07) is 18.2. The van der Waals surface area contributed by atoms with Gasteiger partial charge in [-0.25, -0.2) is 8.42 Å². The van der Waals surface area contributed by atoms with E-state index >= 15 is 0 Å². The van der Waals surface area contributed by atoms with Crippen LogP contribution in [0.2, 0.25) is 5.02 Å². The van der Waals surface area contributed by atoms with E-state index in [1.165, 1.54) is 24.3 Å². The summed E-state index contributed by atoms with van der Waals surface area (Å²) in [7, 11) is -3.75. The molecule has 1 unspecified atom stereocenters. The lowest BCUT2D eigenvalue weighted by molar-refractivity contribution is -0.119. The molecule has 0 saturated heterocycles. The molecule has 1 heterocycles. The monoisotopic (exact) mass is 444 g/mol. The highest BCUT2D eigenvalue weighted by Gasteiger charge is 2.21. The van der Waals surface area contributed by atoms with E-state index in [9.17, 15) is 13.2 Å². The lowest BCUT2D eigenvalue weighted by atomic mass is 10.1. The zero-order valence-corrected chi connectivity index (χ0v) is 17.9. The van der Waals surface area contributed by atoms with E-state index in [1.807, 2.05) is 42.5 Å². The number of benzene rings is 2. The molecule has 0 bridgehead atoms. The molecule has 1 atom stereocenters. The lowest BCUT2D eigenvalue weighted by Crippen LogP contribution is -2.32. The van der Waals surface area contributed by atoms with Crippen molar-refractivity contribution in [1.29, 1.82) is 0 Å². The number of halogens is 1. The predicted molar refractivity (Wildman–Crippen MR) is 115 cm³/mol. The number of rotatable bonds is 8. The summed E-state index contributed by atoms with van der Waals surface area (Å²) in [5.41, 5.74) is 1.60. The fraction of sp³-hybridized carbons (Fsp3) is 0.182. The molecular formula is C22H21ClN2O4S. The van der Waals surface area contributed by atoms with E-state index in [2.05, 4.69) is 10.3 Å². The van der Waals surface area contributed by atoms with Crippen molar-refractivity contribution >= 4 is 27.3 Å². The number of ether oxygens (including phenoxy) is 1. The van der Waals surface area contributed by atoms with Gasteiger partial charge in [0.25, 0.3) is 0 Å². The van der Waals surface area contributed by atoms with Crippen LogP contribution in [0.1, 0.15) is 24.2 Å². The maximum absolute atomic E-state index is 12.4. The Morgan fingerprint density at radius 2 is 1.87 bits per heavy atom. The molecule has 0 fully saturated rings. The van der Waals surface area contributed by atoms with Crippen molar-refractivity contribution in [3.63, 3.8) is 0 Å². The van der Waals surface area contributed by atoms with Crippen LogP contribution in [0.3, 0.4) is 0 Å². The first-order valence-electron chi connectivity index (χ1n) is 9.24. The Labute approximate surface area is 180 Å². The Hall–Kier alpha value is -2.90. The topological polar surface area (TPSA) is 85.4 Å². The summed E-state index contributed by atoms with van der Waals surface area (Å²) >= 11 is 5.79. The average molecular weight is 445 g/mol. The van der Waals surface area contributed by atoms with Gasteiger partial charge in [0.05, 0.1) is 16.6 Å². The number of carbonyl (C=O) groups is 1. The van der Waals surface area contributed by atoms with Gasteiger partial charge < -0.3 is 10.1 Å². The predicted octanol–water partition coefficient (Wildman–Crippen LogP) is 3.97. The third-order valence-corrected chi connectivity index (χ3v) is 6.23. The molecule has 1 amide bonds. The van der Waals surface area contributed by atoms with Crippen LogP contribution >= 0.6 is 11.6 Å². The molecule has 0 aliphatic rings. The van der Waals surface area contributed by atoms with Crippen molar-refractivity contribution in [3.8, 4) is 5.75 Å². The third-order valence-electron chi connectivity index (χ3n) is 4.34. The number of sulfone groups is 1. The molecule has 3 aromatic rings. The van der Waals surface area contributed by atoms with Crippen LogP contribution in [-0.2, 0) is 21.2 Å². The summed E-state index contributed by atoms with van der Waals surface area (Å²) in [5.74, 6) is -0.597. The number of pyridine rings is 1. The van der Waals surface area contributed by atoms with Crippen LogP contribution in [0, 0.1) is 0 Å². The first-order valence-corrected chi connectivity index (χ1v) is 11.3.